The third-order valence-electron chi connectivity index (χ3n) is 2.91. The highest BCUT2D eigenvalue weighted by Gasteiger charge is 2.09. The Balaban J connectivity index is 2.37. The minimum absolute atomic E-state index is 0.0603. The molecule has 0 radical (unpaired) electrons. The molecule has 0 aliphatic rings. The fourth-order valence-electron chi connectivity index (χ4n) is 1.81. The summed E-state index contributed by atoms with van der Waals surface area (Å²) in [5, 5.41) is 4.80. The van der Waals surface area contributed by atoms with Crippen LogP contribution < -0.4 is 20.1 Å². The lowest BCUT2D eigenvalue weighted by atomic mass is 10.2. The molecule has 118 valence electrons. The minimum atomic E-state index is -0.0603. The maximum absolute atomic E-state index is 11.9. The van der Waals surface area contributed by atoms with Gasteiger partial charge in [0.25, 0.3) is 5.91 Å². The minimum Gasteiger partial charge on any atom is -0.497 e. The van der Waals surface area contributed by atoms with Gasteiger partial charge in [0, 0.05) is 19.1 Å². The van der Waals surface area contributed by atoms with Gasteiger partial charge in [-0.25, -0.2) is 0 Å². The van der Waals surface area contributed by atoms with Gasteiger partial charge in [-0.1, -0.05) is 0 Å². The number of hydrogen-bond acceptors (Lipinski definition) is 4. The van der Waals surface area contributed by atoms with Crippen molar-refractivity contribution < 1.29 is 24.3 Å². The number of amides is 1. The Kier molecular flexibility index (Phi) is 8.23. The number of quaternary nitrogens is 1. The Labute approximate surface area is 125 Å². The van der Waals surface area contributed by atoms with Crippen molar-refractivity contribution in [3.8, 4) is 11.5 Å². The summed E-state index contributed by atoms with van der Waals surface area (Å²) in [6.45, 7) is 4.69. The van der Waals surface area contributed by atoms with Gasteiger partial charge >= 0.3 is 0 Å². The van der Waals surface area contributed by atoms with E-state index in [1.165, 1.54) is 0 Å². The SMILES string of the molecule is CCOCCC[NH2+]CC(=O)Nc1ccc(OC)cc1OC. The van der Waals surface area contributed by atoms with Gasteiger partial charge in [-0.3, -0.25) is 4.79 Å². The summed E-state index contributed by atoms with van der Waals surface area (Å²) in [5.74, 6) is 1.21. The van der Waals surface area contributed by atoms with Crippen LogP contribution in [-0.2, 0) is 9.53 Å². The topological polar surface area (TPSA) is 73.4 Å². The summed E-state index contributed by atoms with van der Waals surface area (Å²) >= 11 is 0. The highest BCUT2D eigenvalue weighted by molar-refractivity contribution is 5.93. The average molecular weight is 297 g/mol. The largest absolute Gasteiger partial charge is 0.497 e. The first-order valence-electron chi connectivity index (χ1n) is 7.12. The molecule has 1 aromatic rings. The molecule has 0 saturated carbocycles. The van der Waals surface area contributed by atoms with Crippen LogP contribution in [0.3, 0.4) is 0 Å². The van der Waals surface area contributed by atoms with Gasteiger partial charge in [0.15, 0.2) is 6.54 Å². The van der Waals surface area contributed by atoms with Gasteiger partial charge in [0.1, 0.15) is 11.5 Å². The summed E-state index contributed by atoms with van der Waals surface area (Å²) in [4.78, 5) is 11.9. The van der Waals surface area contributed by atoms with Crippen LogP contribution in [0.25, 0.3) is 0 Å². The zero-order chi connectivity index (χ0) is 15.5. The van der Waals surface area contributed by atoms with Crippen LogP contribution in [0.15, 0.2) is 18.2 Å². The number of rotatable bonds is 10. The van der Waals surface area contributed by atoms with E-state index < -0.39 is 0 Å². The standard InChI is InChI=1S/C15H24N2O4/c1-4-21-9-5-8-16-11-15(18)17-13-7-6-12(19-2)10-14(13)20-3/h6-7,10,16H,4-5,8-9,11H2,1-3H3,(H,17,18)/p+1. The second-order valence-electron chi connectivity index (χ2n) is 4.45. The molecule has 0 atom stereocenters. The van der Waals surface area contributed by atoms with Crippen LogP contribution in [0.4, 0.5) is 5.69 Å². The van der Waals surface area contributed by atoms with Gasteiger partial charge in [0.2, 0.25) is 0 Å². The zero-order valence-corrected chi connectivity index (χ0v) is 13.0. The molecule has 6 heteroatoms. The maximum Gasteiger partial charge on any atom is 0.279 e. The van der Waals surface area contributed by atoms with E-state index in [0.717, 1.165) is 26.2 Å². The quantitative estimate of drug-likeness (QED) is 0.621. The van der Waals surface area contributed by atoms with E-state index in [1.54, 1.807) is 32.4 Å². The predicted octanol–water partition coefficient (Wildman–Crippen LogP) is 0.632. The van der Waals surface area contributed by atoms with Crippen molar-refractivity contribution in [2.75, 3.05) is 45.8 Å². The van der Waals surface area contributed by atoms with Crippen molar-refractivity contribution in [2.45, 2.75) is 13.3 Å². The Hall–Kier alpha value is -1.79. The zero-order valence-electron chi connectivity index (χ0n) is 13.0. The number of ether oxygens (including phenoxy) is 3. The van der Waals surface area contributed by atoms with E-state index in [0.29, 0.717) is 23.7 Å². The number of carbonyl (C=O) groups is 1. The van der Waals surface area contributed by atoms with Gasteiger partial charge in [-0.05, 0) is 19.1 Å². The highest BCUT2D eigenvalue weighted by Crippen LogP contribution is 2.28. The fourth-order valence-corrected chi connectivity index (χ4v) is 1.81. The normalized spacial score (nSPS) is 10.2. The third-order valence-corrected chi connectivity index (χ3v) is 2.91. The first-order valence-corrected chi connectivity index (χ1v) is 7.12. The molecule has 1 amide bonds. The lowest BCUT2D eigenvalue weighted by molar-refractivity contribution is -0.644. The first kappa shape index (κ1) is 17.3. The monoisotopic (exact) mass is 297 g/mol. The molecule has 0 aromatic heterocycles. The Bertz CT molecular complexity index is 438. The lowest BCUT2D eigenvalue weighted by Crippen LogP contribution is -2.86. The molecule has 3 N–H and O–H groups in total. The predicted molar refractivity (Wildman–Crippen MR) is 80.9 cm³/mol. The maximum atomic E-state index is 11.9. The van der Waals surface area contributed by atoms with Crippen LogP contribution in [-0.4, -0.2) is 46.4 Å². The van der Waals surface area contributed by atoms with E-state index in [-0.39, 0.29) is 5.91 Å². The fraction of sp³-hybridized carbons (Fsp3) is 0.533. The van der Waals surface area contributed by atoms with Crippen molar-refractivity contribution in [1.29, 1.82) is 0 Å². The molecule has 1 rings (SSSR count). The Morgan fingerprint density at radius 2 is 2.10 bits per heavy atom. The van der Waals surface area contributed by atoms with Crippen LogP contribution in [0.1, 0.15) is 13.3 Å². The molecular formula is C15H25N2O4+. The molecule has 0 saturated heterocycles. The second kappa shape index (κ2) is 10.0. The van der Waals surface area contributed by atoms with Crippen LogP contribution in [0, 0.1) is 0 Å². The van der Waals surface area contributed by atoms with E-state index >= 15 is 0 Å². The third kappa shape index (κ3) is 6.46. The molecule has 1 aromatic carbocycles. The summed E-state index contributed by atoms with van der Waals surface area (Å²) in [6.07, 6.45) is 0.937. The molecule has 6 nitrogen and oxygen atoms in total. The van der Waals surface area contributed by atoms with Crippen LogP contribution in [0.2, 0.25) is 0 Å². The molecule has 0 aliphatic carbocycles. The van der Waals surface area contributed by atoms with Crippen LogP contribution >= 0.6 is 0 Å². The molecular weight excluding hydrogens is 272 g/mol. The molecule has 21 heavy (non-hydrogen) atoms. The Morgan fingerprint density at radius 1 is 1.29 bits per heavy atom. The summed E-state index contributed by atoms with van der Waals surface area (Å²) < 4.78 is 15.6. The average Bonchev–Trinajstić information content (AvgIpc) is 2.51. The van der Waals surface area contributed by atoms with Gasteiger partial charge in [0.05, 0.1) is 33.1 Å². The number of benzene rings is 1. The number of nitrogens with one attached hydrogen (secondary N) is 1. The van der Waals surface area contributed by atoms with E-state index in [1.807, 2.05) is 12.2 Å². The molecule has 0 heterocycles. The van der Waals surface area contributed by atoms with Crippen molar-refractivity contribution in [2.24, 2.45) is 0 Å². The smallest absolute Gasteiger partial charge is 0.279 e. The number of hydrogen-bond donors (Lipinski definition) is 2. The number of carbonyl (C=O) groups excluding carboxylic acids is 1. The van der Waals surface area contributed by atoms with E-state index in [9.17, 15) is 4.79 Å². The second-order valence-corrected chi connectivity index (χ2v) is 4.45. The molecule has 0 bridgehead atoms. The Morgan fingerprint density at radius 3 is 2.76 bits per heavy atom. The molecule has 0 fully saturated rings. The number of anilines is 1. The number of nitrogens with two attached hydrogens (primary N) is 1. The van der Waals surface area contributed by atoms with Gasteiger partial charge < -0.3 is 24.8 Å². The van der Waals surface area contributed by atoms with Crippen LogP contribution in [0.5, 0.6) is 11.5 Å². The summed E-state index contributed by atoms with van der Waals surface area (Å²) in [5.41, 5.74) is 0.644. The molecule has 0 spiro atoms. The van der Waals surface area contributed by atoms with Crippen molar-refractivity contribution >= 4 is 11.6 Å². The van der Waals surface area contributed by atoms with Crippen molar-refractivity contribution in [3.05, 3.63) is 18.2 Å². The van der Waals surface area contributed by atoms with E-state index in [4.69, 9.17) is 14.2 Å². The highest BCUT2D eigenvalue weighted by atomic mass is 16.5. The molecule has 0 unspecified atom stereocenters. The first-order chi connectivity index (χ1) is 10.2. The molecule has 0 aliphatic heterocycles. The van der Waals surface area contributed by atoms with Crippen molar-refractivity contribution in [3.63, 3.8) is 0 Å². The number of methoxy groups -OCH3 is 2. The summed E-state index contributed by atoms with van der Waals surface area (Å²) in [6, 6.07) is 5.29. The summed E-state index contributed by atoms with van der Waals surface area (Å²) in [7, 11) is 3.15. The van der Waals surface area contributed by atoms with E-state index in [2.05, 4.69) is 5.32 Å². The van der Waals surface area contributed by atoms with Gasteiger partial charge in [-0.15, -0.1) is 0 Å². The van der Waals surface area contributed by atoms with Gasteiger partial charge in [-0.2, -0.15) is 0 Å². The lowest BCUT2D eigenvalue weighted by Gasteiger charge is -2.11. The van der Waals surface area contributed by atoms with Crippen molar-refractivity contribution in [1.82, 2.24) is 0 Å².